The van der Waals surface area contributed by atoms with E-state index in [1.807, 2.05) is 25.1 Å². The van der Waals surface area contributed by atoms with Crippen molar-refractivity contribution < 1.29 is 0 Å². The van der Waals surface area contributed by atoms with Gasteiger partial charge in [0.1, 0.15) is 5.82 Å². The molecule has 1 aromatic heterocycles. The molecule has 0 radical (unpaired) electrons. The third kappa shape index (κ3) is 2.48. The van der Waals surface area contributed by atoms with Crippen LogP contribution in [0.3, 0.4) is 0 Å². The molecule has 0 bridgehead atoms. The Kier molecular flexibility index (Phi) is 3.23. The quantitative estimate of drug-likeness (QED) is 0.809. The molecule has 4 heteroatoms. The normalized spacial score (nSPS) is 16.7. The van der Waals surface area contributed by atoms with E-state index in [-0.39, 0.29) is 0 Å². The number of hydrogen-bond donors (Lipinski definition) is 2. The Bertz CT molecular complexity index is 567. The van der Waals surface area contributed by atoms with Crippen LogP contribution in [0.25, 0.3) is 11.4 Å². The van der Waals surface area contributed by atoms with E-state index in [2.05, 4.69) is 15.2 Å². The first kappa shape index (κ1) is 12.2. The molecule has 0 aliphatic heterocycles. The van der Waals surface area contributed by atoms with E-state index < -0.39 is 0 Å². The second-order valence-electron chi connectivity index (χ2n) is 5.45. The minimum Gasteiger partial charge on any atom is -0.399 e. The fourth-order valence-electron chi connectivity index (χ4n) is 2.78. The molecular weight excluding hydrogens is 236 g/mol. The zero-order chi connectivity index (χ0) is 13.2. The van der Waals surface area contributed by atoms with E-state index >= 15 is 0 Å². The maximum absolute atomic E-state index is 5.84. The van der Waals surface area contributed by atoms with Gasteiger partial charge >= 0.3 is 0 Å². The first-order valence-corrected chi connectivity index (χ1v) is 7.03. The first-order valence-electron chi connectivity index (χ1n) is 7.03. The Morgan fingerprint density at radius 1 is 1.21 bits per heavy atom. The van der Waals surface area contributed by atoms with Gasteiger partial charge in [-0.25, -0.2) is 4.98 Å². The Hall–Kier alpha value is -1.84. The molecule has 0 unspecified atom stereocenters. The van der Waals surface area contributed by atoms with E-state index in [1.54, 1.807) is 0 Å². The number of hydrogen-bond acceptors (Lipinski definition) is 3. The molecule has 0 saturated heterocycles. The van der Waals surface area contributed by atoms with Crippen molar-refractivity contribution in [3.05, 3.63) is 29.6 Å². The highest BCUT2D eigenvalue weighted by atomic mass is 15.2. The average molecular weight is 256 g/mol. The Morgan fingerprint density at radius 3 is 2.74 bits per heavy atom. The highest BCUT2D eigenvalue weighted by molar-refractivity contribution is 5.61. The van der Waals surface area contributed by atoms with Crippen molar-refractivity contribution in [3.63, 3.8) is 0 Å². The molecule has 1 fully saturated rings. The summed E-state index contributed by atoms with van der Waals surface area (Å²) in [4.78, 5) is 4.67. The summed E-state index contributed by atoms with van der Waals surface area (Å²) in [5, 5.41) is 7.47. The number of nitrogens with two attached hydrogens (primary N) is 1. The van der Waals surface area contributed by atoms with Crippen molar-refractivity contribution in [1.82, 2.24) is 15.2 Å². The van der Waals surface area contributed by atoms with Gasteiger partial charge in [-0.3, -0.25) is 5.10 Å². The summed E-state index contributed by atoms with van der Waals surface area (Å²) in [6.45, 7) is 2.01. The van der Waals surface area contributed by atoms with Gasteiger partial charge in [0.05, 0.1) is 0 Å². The largest absolute Gasteiger partial charge is 0.399 e. The number of aromatic amines is 1. The topological polar surface area (TPSA) is 67.6 Å². The van der Waals surface area contributed by atoms with Crippen molar-refractivity contribution in [1.29, 1.82) is 0 Å². The van der Waals surface area contributed by atoms with Crippen LogP contribution in [-0.4, -0.2) is 15.2 Å². The number of nitrogens with zero attached hydrogens (tertiary/aromatic N) is 2. The minimum atomic E-state index is 0.560. The van der Waals surface area contributed by atoms with E-state index in [0.717, 1.165) is 28.5 Å². The van der Waals surface area contributed by atoms with Crippen LogP contribution in [0.2, 0.25) is 0 Å². The number of rotatable bonds is 2. The third-order valence-corrected chi connectivity index (χ3v) is 4.02. The summed E-state index contributed by atoms with van der Waals surface area (Å²) in [5.41, 5.74) is 8.76. The van der Waals surface area contributed by atoms with Crippen molar-refractivity contribution in [2.75, 3.05) is 5.73 Å². The zero-order valence-corrected chi connectivity index (χ0v) is 11.3. The van der Waals surface area contributed by atoms with Crippen LogP contribution < -0.4 is 5.73 Å². The molecule has 100 valence electrons. The Balaban J connectivity index is 1.85. The van der Waals surface area contributed by atoms with Gasteiger partial charge in [0, 0.05) is 17.2 Å². The Morgan fingerprint density at radius 2 is 2.00 bits per heavy atom. The number of nitrogens with one attached hydrogen (secondary N) is 1. The van der Waals surface area contributed by atoms with E-state index in [0.29, 0.717) is 5.92 Å². The molecule has 19 heavy (non-hydrogen) atoms. The van der Waals surface area contributed by atoms with Gasteiger partial charge in [-0.1, -0.05) is 19.3 Å². The van der Waals surface area contributed by atoms with Gasteiger partial charge < -0.3 is 5.73 Å². The van der Waals surface area contributed by atoms with Crippen LogP contribution in [0, 0.1) is 6.92 Å². The molecule has 1 aliphatic carbocycles. The predicted octanol–water partition coefficient (Wildman–Crippen LogP) is 3.41. The maximum Gasteiger partial charge on any atom is 0.181 e. The first-order chi connectivity index (χ1) is 9.24. The van der Waals surface area contributed by atoms with Gasteiger partial charge in [-0.15, -0.1) is 0 Å². The van der Waals surface area contributed by atoms with Crippen LogP contribution in [0.4, 0.5) is 5.69 Å². The SMILES string of the molecule is Cc1cc(-c2n[nH]c(C3CCCCC3)n2)ccc1N. The van der Waals surface area contributed by atoms with Crippen LogP contribution >= 0.6 is 0 Å². The van der Waals surface area contributed by atoms with Crippen molar-refractivity contribution in [2.24, 2.45) is 0 Å². The molecule has 1 aliphatic rings. The molecule has 1 heterocycles. The molecule has 0 atom stereocenters. The van der Waals surface area contributed by atoms with E-state index in [1.165, 1.54) is 32.1 Å². The average Bonchev–Trinajstić information content (AvgIpc) is 2.93. The Labute approximate surface area is 113 Å². The van der Waals surface area contributed by atoms with Crippen molar-refractivity contribution in [3.8, 4) is 11.4 Å². The predicted molar refractivity (Wildman–Crippen MR) is 76.8 cm³/mol. The molecule has 1 saturated carbocycles. The molecule has 3 rings (SSSR count). The van der Waals surface area contributed by atoms with Gasteiger partial charge in [-0.05, 0) is 43.5 Å². The van der Waals surface area contributed by atoms with Crippen molar-refractivity contribution >= 4 is 5.69 Å². The molecule has 2 aromatic rings. The summed E-state index contributed by atoms with van der Waals surface area (Å²) in [6, 6.07) is 5.95. The lowest BCUT2D eigenvalue weighted by molar-refractivity contribution is 0.429. The number of nitrogen functional groups attached to an aromatic ring is 1. The number of aromatic nitrogens is 3. The number of aryl methyl sites for hydroxylation is 1. The van der Waals surface area contributed by atoms with Crippen molar-refractivity contribution in [2.45, 2.75) is 44.9 Å². The van der Waals surface area contributed by atoms with Crippen LogP contribution in [0.15, 0.2) is 18.2 Å². The fraction of sp³-hybridized carbons (Fsp3) is 0.467. The lowest BCUT2D eigenvalue weighted by Crippen LogP contribution is -2.06. The molecule has 0 amide bonds. The molecule has 0 spiro atoms. The summed E-state index contributed by atoms with van der Waals surface area (Å²) in [6.07, 6.45) is 6.43. The third-order valence-electron chi connectivity index (χ3n) is 4.02. The van der Waals surface area contributed by atoms with Crippen LogP contribution in [0.1, 0.15) is 49.4 Å². The van der Waals surface area contributed by atoms with Gasteiger partial charge in [0.25, 0.3) is 0 Å². The standard InChI is InChI=1S/C15H20N4/c1-10-9-12(7-8-13(10)16)15-17-14(18-19-15)11-5-3-2-4-6-11/h7-9,11H,2-6,16H2,1H3,(H,17,18,19). The molecular formula is C15H20N4. The zero-order valence-electron chi connectivity index (χ0n) is 11.3. The summed E-state index contributed by atoms with van der Waals surface area (Å²) < 4.78 is 0. The summed E-state index contributed by atoms with van der Waals surface area (Å²) in [5.74, 6) is 2.39. The molecule has 3 N–H and O–H groups in total. The fourth-order valence-corrected chi connectivity index (χ4v) is 2.78. The van der Waals surface area contributed by atoms with Crippen LogP contribution in [0.5, 0.6) is 0 Å². The second-order valence-corrected chi connectivity index (χ2v) is 5.45. The van der Waals surface area contributed by atoms with Gasteiger partial charge in [0.2, 0.25) is 0 Å². The monoisotopic (exact) mass is 256 g/mol. The highest BCUT2D eigenvalue weighted by Crippen LogP contribution is 2.31. The minimum absolute atomic E-state index is 0.560. The smallest absolute Gasteiger partial charge is 0.181 e. The second kappa shape index (κ2) is 5.03. The lowest BCUT2D eigenvalue weighted by Gasteiger charge is -2.18. The van der Waals surface area contributed by atoms with Gasteiger partial charge in [0.15, 0.2) is 5.82 Å². The molecule has 1 aromatic carbocycles. The number of H-pyrrole nitrogens is 1. The lowest BCUT2D eigenvalue weighted by atomic mass is 9.89. The van der Waals surface area contributed by atoms with E-state index in [4.69, 9.17) is 5.73 Å². The van der Waals surface area contributed by atoms with Crippen LogP contribution in [-0.2, 0) is 0 Å². The van der Waals surface area contributed by atoms with E-state index in [9.17, 15) is 0 Å². The number of benzene rings is 1. The molecule has 4 nitrogen and oxygen atoms in total. The summed E-state index contributed by atoms with van der Waals surface area (Å²) >= 11 is 0. The highest BCUT2D eigenvalue weighted by Gasteiger charge is 2.19. The van der Waals surface area contributed by atoms with Gasteiger partial charge in [-0.2, -0.15) is 5.10 Å². The summed E-state index contributed by atoms with van der Waals surface area (Å²) in [7, 11) is 0. The maximum atomic E-state index is 5.84. The number of anilines is 1.